The van der Waals surface area contributed by atoms with Crippen LogP contribution in [0, 0.1) is 0 Å². The third-order valence-corrected chi connectivity index (χ3v) is 5.05. The number of ether oxygens (including phenoxy) is 1. The van der Waals surface area contributed by atoms with Crippen molar-refractivity contribution in [2.24, 2.45) is 0 Å². The van der Waals surface area contributed by atoms with E-state index in [9.17, 15) is 4.79 Å². The summed E-state index contributed by atoms with van der Waals surface area (Å²) < 4.78 is 5.36. The van der Waals surface area contributed by atoms with E-state index in [0.717, 1.165) is 44.8 Å². The molecule has 4 nitrogen and oxygen atoms in total. The molecule has 1 saturated heterocycles. The maximum atomic E-state index is 10.9. The van der Waals surface area contributed by atoms with Crippen molar-refractivity contribution in [1.82, 2.24) is 4.90 Å². The predicted octanol–water partition coefficient (Wildman–Crippen LogP) is 2.99. The molecule has 1 fully saturated rings. The predicted molar refractivity (Wildman–Crippen MR) is 87.7 cm³/mol. The average Bonchev–Trinajstić information content (AvgIpc) is 3.03. The summed E-state index contributed by atoms with van der Waals surface area (Å²) in [5.41, 5.74) is 1.40. The first-order valence-corrected chi connectivity index (χ1v) is 8.26. The zero-order valence-corrected chi connectivity index (χ0v) is 13.1. The van der Waals surface area contributed by atoms with Gasteiger partial charge in [0.05, 0.1) is 18.8 Å². The Kier molecular flexibility index (Phi) is 4.87. The molecule has 5 heteroatoms. The molecule has 0 spiro atoms. The number of nitrogens with zero attached hydrogens (tertiary/aromatic N) is 1. The fraction of sp³-hybridized carbons (Fsp3) is 0.353. The second-order valence-corrected chi connectivity index (χ2v) is 6.52. The quantitative estimate of drug-likeness (QED) is 0.921. The van der Waals surface area contributed by atoms with Gasteiger partial charge in [0.15, 0.2) is 0 Å². The second kappa shape index (κ2) is 7.05. The lowest BCUT2D eigenvalue weighted by Crippen LogP contribution is -2.37. The van der Waals surface area contributed by atoms with Crippen molar-refractivity contribution in [3.63, 3.8) is 0 Å². The fourth-order valence-corrected chi connectivity index (χ4v) is 3.54. The zero-order valence-electron chi connectivity index (χ0n) is 12.3. The third-order valence-electron chi connectivity index (χ3n) is 3.86. The van der Waals surface area contributed by atoms with E-state index in [4.69, 9.17) is 9.84 Å². The lowest BCUT2D eigenvalue weighted by atomic mass is 10.1. The molecule has 0 radical (unpaired) electrons. The van der Waals surface area contributed by atoms with Gasteiger partial charge in [-0.3, -0.25) is 4.90 Å². The molecular formula is C17H19NO3S. The van der Waals surface area contributed by atoms with Gasteiger partial charge in [0.2, 0.25) is 0 Å². The molecule has 1 aliphatic heterocycles. The molecular weight excluding hydrogens is 298 g/mol. The lowest BCUT2D eigenvalue weighted by molar-refractivity contribution is 0.0385. The number of thiophene rings is 1. The monoisotopic (exact) mass is 317 g/mol. The van der Waals surface area contributed by atoms with Crippen molar-refractivity contribution >= 4 is 17.3 Å². The van der Waals surface area contributed by atoms with Gasteiger partial charge in [-0.25, -0.2) is 4.79 Å². The van der Waals surface area contributed by atoms with Crippen LogP contribution in [0.15, 0.2) is 36.4 Å². The molecule has 1 aromatic heterocycles. The Bertz CT molecular complexity index is 630. The van der Waals surface area contributed by atoms with Crippen LogP contribution >= 0.6 is 11.3 Å². The van der Waals surface area contributed by atoms with Gasteiger partial charge in [-0.15, -0.1) is 11.3 Å². The molecule has 3 rings (SSSR count). The van der Waals surface area contributed by atoms with Gasteiger partial charge in [-0.1, -0.05) is 12.1 Å². The van der Waals surface area contributed by atoms with Crippen LogP contribution in [0.3, 0.4) is 0 Å². The Hall–Kier alpha value is -1.69. The first-order chi connectivity index (χ1) is 10.7. The number of aromatic carboxylic acids is 1. The van der Waals surface area contributed by atoms with E-state index in [1.165, 1.54) is 9.75 Å². The molecule has 2 aromatic rings. The maximum Gasteiger partial charge on any atom is 0.335 e. The Morgan fingerprint density at radius 1 is 1.14 bits per heavy atom. The first-order valence-electron chi connectivity index (χ1n) is 7.45. The van der Waals surface area contributed by atoms with Gasteiger partial charge >= 0.3 is 5.97 Å². The number of benzene rings is 1. The first kappa shape index (κ1) is 15.2. The lowest BCUT2D eigenvalue weighted by Gasteiger charge is -2.26. The van der Waals surface area contributed by atoms with E-state index >= 15 is 0 Å². The molecule has 22 heavy (non-hydrogen) atoms. The molecule has 116 valence electrons. The molecule has 2 heterocycles. The van der Waals surface area contributed by atoms with E-state index in [-0.39, 0.29) is 0 Å². The molecule has 0 bridgehead atoms. The topological polar surface area (TPSA) is 49.8 Å². The van der Waals surface area contributed by atoms with Crippen LogP contribution < -0.4 is 0 Å². The number of hydrogen-bond acceptors (Lipinski definition) is 4. The highest BCUT2D eigenvalue weighted by molar-refractivity contribution is 7.15. The summed E-state index contributed by atoms with van der Waals surface area (Å²) in [5, 5.41) is 8.93. The number of morpholine rings is 1. The molecule has 0 saturated carbocycles. The van der Waals surface area contributed by atoms with Crippen molar-refractivity contribution in [2.45, 2.75) is 6.42 Å². The van der Waals surface area contributed by atoms with Crippen LogP contribution in [0.1, 0.15) is 15.2 Å². The summed E-state index contributed by atoms with van der Waals surface area (Å²) in [6.07, 6.45) is 1.05. The van der Waals surface area contributed by atoms with Crippen molar-refractivity contribution in [3.8, 4) is 10.4 Å². The number of hydrogen-bond donors (Lipinski definition) is 1. The number of carbonyl (C=O) groups is 1. The molecule has 1 N–H and O–H groups in total. The van der Waals surface area contributed by atoms with Gasteiger partial charge in [0.25, 0.3) is 0 Å². The Balaban J connectivity index is 1.61. The van der Waals surface area contributed by atoms with Gasteiger partial charge in [0.1, 0.15) is 0 Å². The van der Waals surface area contributed by atoms with Crippen molar-refractivity contribution in [1.29, 1.82) is 0 Å². The highest BCUT2D eigenvalue weighted by Gasteiger charge is 2.11. The van der Waals surface area contributed by atoms with Gasteiger partial charge in [0, 0.05) is 29.4 Å². The van der Waals surface area contributed by atoms with Crippen LogP contribution in [0.25, 0.3) is 10.4 Å². The smallest absolute Gasteiger partial charge is 0.335 e. The average molecular weight is 317 g/mol. The molecule has 0 amide bonds. The van der Waals surface area contributed by atoms with Gasteiger partial charge in [-0.2, -0.15) is 0 Å². The molecule has 1 aromatic carbocycles. The molecule has 0 unspecified atom stereocenters. The standard InChI is InChI=1S/C17H19NO3S/c19-17(20)14-3-1-13(2-4-14)16-6-5-15(22-16)7-8-18-9-11-21-12-10-18/h1-6H,7-12H2,(H,19,20). The summed E-state index contributed by atoms with van der Waals surface area (Å²) in [7, 11) is 0. The summed E-state index contributed by atoms with van der Waals surface area (Å²) in [6.45, 7) is 4.79. The number of rotatable bonds is 5. The Labute approximate surface area is 134 Å². The minimum absolute atomic E-state index is 0.327. The fourth-order valence-electron chi connectivity index (χ4n) is 2.54. The van der Waals surface area contributed by atoms with E-state index in [1.807, 2.05) is 12.1 Å². The summed E-state index contributed by atoms with van der Waals surface area (Å²) >= 11 is 1.78. The van der Waals surface area contributed by atoms with Gasteiger partial charge < -0.3 is 9.84 Å². The van der Waals surface area contributed by atoms with Gasteiger partial charge in [-0.05, 0) is 36.2 Å². The Morgan fingerprint density at radius 3 is 2.55 bits per heavy atom. The summed E-state index contributed by atoms with van der Waals surface area (Å²) in [5.74, 6) is -0.885. The van der Waals surface area contributed by atoms with Crippen molar-refractivity contribution < 1.29 is 14.6 Å². The second-order valence-electron chi connectivity index (χ2n) is 5.35. The third kappa shape index (κ3) is 3.74. The SMILES string of the molecule is O=C(O)c1ccc(-c2ccc(CCN3CCOCC3)s2)cc1. The number of carboxylic acid groups (broad SMARTS) is 1. The highest BCUT2D eigenvalue weighted by Crippen LogP contribution is 2.28. The summed E-state index contributed by atoms with van der Waals surface area (Å²) in [4.78, 5) is 15.9. The van der Waals surface area contributed by atoms with Crippen LogP contribution in [-0.4, -0.2) is 48.8 Å². The largest absolute Gasteiger partial charge is 0.478 e. The van der Waals surface area contributed by atoms with Crippen molar-refractivity contribution in [2.75, 3.05) is 32.8 Å². The molecule has 1 aliphatic rings. The zero-order chi connectivity index (χ0) is 15.4. The maximum absolute atomic E-state index is 10.9. The van der Waals surface area contributed by atoms with Crippen LogP contribution in [0.5, 0.6) is 0 Å². The van der Waals surface area contributed by atoms with E-state index in [1.54, 1.807) is 23.5 Å². The number of carboxylic acids is 1. The van der Waals surface area contributed by atoms with Crippen LogP contribution in [0.2, 0.25) is 0 Å². The minimum atomic E-state index is -0.885. The molecule has 0 atom stereocenters. The highest BCUT2D eigenvalue weighted by atomic mass is 32.1. The van der Waals surface area contributed by atoms with E-state index in [2.05, 4.69) is 17.0 Å². The van der Waals surface area contributed by atoms with Crippen LogP contribution in [0.4, 0.5) is 0 Å². The summed E-state index contributed by atoms with van der Waals surface area (Å²) in [6, 6.07) is 11.4. The Morgan fingerprint density at radius 2 is 1.86 bits per heavy atom. The minimum Gasteiger partial charge on any atom is -0.478 e. The van der Waals surface area contributed by atoms with Crippen LogP contribution in [-0.2, 0) is 11.2 Å². The van der Waals surface area contributed by atoms with E-state index in [0.29, 0.717) is 5.56 Å². The molecule has 0 aliphatic carbocycles. The van der Waals surface area contributed by atoms with E-state index < -0.39 is 5.97 Å². The normalized spacial score (nSPS) is 15.8. The van der Waals surface area contributed by atoms with Crippen molar-refractivity contribution in [3.05, 3.63) is 46.8 Å².